The minimum Gasteiger partial charge on any atom is -0.493 e. The minimum atomic E-state index is -3.87. The van der Waals surface area contributed by atoms with Crippen LogP contribution in [0.2, 0.25) is 0 Å². The molecule has 0 aromatic heterocycles. The largest absolute Gasteiger partial charge is 0.493 e. The number of methoxy groups -OCH3 is 2. The second-order valence-corrected chi connectivity index (χ2v) is 5.63. The Balaban J connectivity index is 3.43. The van der Waals surface area contributed by atoms with E-state index >= 15 is 0 Å². The zero-order valence-corrected chi connectivity index (χ0v) is 12.3. The fourth-order valence-electron chi connectivity index (χ4n) is 1.74. The molecule has 0 aliphatic heterocycles. The van der Waals surface area contributed by atoms with Crippen molar-refractivity contribution in [3.05, 3.63) is 17.9 Å². The molecule has 0 radical (unpaired) electrons. The van der Waals surface area contributed by atoms with Crippen LogP contribution in [0.1, 0.15) is 13.8 Å². The van der Waals surface area contributed by atoms with E-state index in [9.17, 15) is 12.8 Å². The van der Waals surface area contributed by atoms with E-state index in [1.165, 1.54) is 18.5 Å². The van der Waals surface area contributed by atoms with Gasteiger partial charge in [0, 0.05) is 25.2 Å². The van der Waals surface area contributed by atoms with Crippen molar-refractivity contribution >= 4 is 10.0 Å². The standard InChI is InChI=1S/C12H18FNO4S/c1-5-14(6-2)19(15,16)12-8-11(18-4)10(17-3)7-9(12)13/h7-8H,5-6H2,1-4H3. The Kier molecular flexibility index (Phi) is 5.13. The van der Waals surface area contributed by atoms with E-state index in [0.717, 1.165) is 12.1 Å². The summed E-state index contributed by atoms with van der Waals surface area (Å²) in [5, 5.41) is 0. The lowest BCUT2D eigenvalue weighted by atomic mass is 10.3. The molecule has 0 N–H and O–H groups in total. The van der Waals surface area contributed by atoms with Gasteiger partial charge in [0.2, 0.25) is 10.0 Å². The van der Waals surface area contributed by atoms with Crippen LogP contribution in [0.15, 0.2) is 17.0 Å². The number of sulfonamides is 1. The highest BCUT2D eigenvalue weighted by Crippen LogP contribution is 2.32. The molecule has 0 spiro atoms. The van der Waals surface area contributed by atoms with Crippen LogP contribution in [0, 0.1) is 5.82 Å². The van der Waals surface area contributed by atoms with Crippen LogP contribution in [0.3, 0.4) is 0 Å². The van der Waals surface area contributed by atoms with Gasteiger partial charge in [0.1, 0.15) is 10.7 Å². The molecule has 7 heteroatoms. The molecular formula is C12H18FNO4S. The maximum atomic E-state index is 13.9. The fraction of sp³-hybridized carbons (Fsp3) is 0.500. The van der Waals surface area contributed by atoms with Crippen molar-refractivity contribution in [1.29, 1.82) is 0 Å². The first-order valence-electron chi connectivity index (χ1n) is 5.84. The lowest BCUT2D eigenvalue weighted by molar-refractivity contribution is 0.349. The topological polar surface area (TPSA) is 55.8 Å². The van der Waals surface area contributed by atoms with Gasteiger partial charge in [-0.05, 0) is 0 Å². The summed E-state index contributed by atoms with van der Waals surface area (Å²) in [5.41, 5.74) is 0. The van der Waals surface area contributed by atoms with Crippen molar-refractivity contribution in [3.8, 4) is 11.5 Å². The Morgan fingerprint density at radius 3 is 2.00 bits per heavy atom. The normalized spacial score (nSPS) is 11.7. The van der Waals surface area contributed by atoms with E-state index in [4.69, 9.17) is 9.47 Å². The van der Waals surface area contributed by atoms with Gasteiger partial charge >= 0.3 is 0 Å². The van der Waals surface area contributed by atoms with E-state index in [1.54, 1.807) is 13.8 Å². The molecule has 1 aromatic carbocycles. The van der Waals surface area contributed by atoms with Gasteiger partial charge in [-0.25, -0.2) is 12.8 Å². The summed E-state index contributed by atoms with van der Waals surface area (Å²) < 4.78 is 49.6. The first-order chi connectivity index (χ1) is 8.92. The highest BCUT2D eigenvalue weighted by Gasteiger charge is 2.27. The number of nitrogens with zero attached hydrogens (tertiary/aromatic N) is 1. The maximum absolute atomic E-state index is 13.9. The number of rotatable bonds is 6. The van der Waals surface area contributed by atoms with E-state index in [2.05, 4.69) is 0 Å². The Bertz CT molecular complexity index is 541. The molecule has 0 aliphatic carbocycles. The first kappa shape index (κ1) is 15.7. The first-order valence-corrected chi connectivity index (χ1v) is 7.28. The van der Waals surface area contributed by atoms with Crippen molar-refractivity contribution in [1.82, 2.24) is 4.31 Å². The van der Waals surface area contributed by atoms with Crippen molar-refractivity contribution in [3.63, 3.8) is 0 Å². The van der Waals surface area contributed by atoms with Crippen LogP contribution >= 0.6 is 0 Å². The lowest BCUT2D eigenvalue weighted by Crippen LogP contribution is -2.31. The van der Waals surface area contributed by atoms with Gasteiger partial charge in [-0.2, -0.15) is 4.31 Å². The van der Waals surface area contributed by atoms with Crippen molar-refractivity contribution in [2.45, 2.75) is 18.7 Å². The molecule has 1 rings (SSSR count). The number of benzene rings is 1. The summed E-state index contributed by atoms with van der Waals surface area (Å²) >= 11 is 0. The minimum absolute atomic E-state index is 0.151. The molecule has 108 valence electrons. The molecular weight excluding hydrogens is 273 g/mol. The Hall–Kier alpha value is -1.34. The summed E-state index contributed by atoms with van der Waals surface area (Å²) in [5.74, 6) is -0.530. The molecule has 0 saturated heterocycles. The summed E-state index contributed by atoms with van der Waals surface area (Å²) in [6, 6.07) is 2.15. The predicted molar refractivity (Wildman–Crippen MR) is 69.6 cm³/mol. The third-order valence-electron chi connectivity index (χ3n) is 2.76. The van der Waals surface area contributed by atoms with Gasteiger partial charge in [-0.3, -0.25) is 0 Å². The van der Waals surface area contributed by atoms with Gasteiger partial charge in [-0.15, -0.1) is 0 Å². The van der Waals surface area contributed by atoms with Gasteiger partial charge < -0.3 is 9.47 Å². The van der Waals surface area contributed by atoms with Crippen LogP contribution in [-0.4, -0.2) is 40.0 Å². The highest BCUT2D eigenvalue weighted by molar-refractivity contribution is 7.89. The van der Waals surface area contributed by atoms with Crippen LogP contribution in [0.5, 0.6) is 11.5 Å². The molecule has 0 amide bonds. The van der Waals surface area contributed by atoms with Crippen molar-refractivity contribution in [2.24, 2.45) is 0 Å². The monoisotopic (exact) mass is 291 g/mol. The average Bonchev–Trinajstić information content (AvgIpc) is 2.39. The molecule has 1 aromatic rings. The summed E-state index contributed by atoms with van der Waals surface area (Å²) in [4.78, 5) is -0.408. The van der Waals surface area contributed by atoms with Crippen LogP contribution in [0.25, 0.3) is 0 Å². The third kappa shape index (κ3) is 2.98. The molecule has 0 unspecified atom stereocenters. The number of hydrogen-bond acceptors (Lipinski definition) is 4. The van der Waals surface area contributed by atoms with E-state index < -0.39 is 20.7 Å². The molecule has 19 heavy (non-hydrogen) atoms. The van der Waals surface area contributed by atoms with Gasteiger partial charge in [0.25, 0.3) is 0 Å². The van der Waals surface area contributed by atoms with Crippen molar-refractivity contribution in [2.75, 3.05) is 27.3 Å². The number of halogens is 1. The predicted octanol–water partition coefficient (Wildman–Crippen LogP) is 1.87. The second kappa shape index (κ2) is 6.21. The van der Waals surface area contributed by atoms with Crippen LogP contribution in [-0.2, 0) is 10.0 Å². The quantitative estimate of drug-likeness (QED) is 0.803. The second-order valence-electron chi connectivity index (χ2n) is 3.73. The van der Waals surface area contributed by atoms with Crippen LogP contribution < -0.4 is 9.47 Å². The molecule has 0 fully saturated rings. The Morgan fingerprint density at radius 2 is 1.58 bits per heavy atom. The molecule has 5 nitrogen and oxygen atoms in total. The smallest absolute Gasteiger partial charge is 0.246 e. The fourth-order valence-corrected chi connectivity index (χ4v) is 3.26. The van der Waals surface area contributed by atoms with Crippen LogP contribution in [0.4, 0.5) is 4.39 Å². The average molecular weight is 291 g/mol. The zero-order chi connectivity index (χ0) is 14.6. The van der Waals surface area contributed by atoms with E-state index in [-0.39, 0.29) is 24.6 Å². The number of ether oxygens (including phenoxy) is 2. The summed E-state index contributed by atoms with van der Waals surface area (Å²) in [6.45, 7) is 3.93. The van der Waals surface area contributed by atoms with Gasteiger partial charge in [0.15, 0.2) is 11.5 Å². The molecule has 0 bridgehead atoms. The Morgan fingerprint density at radius 1 is 1.11 bits per heavy atom. The van der Waals surface area contributed by atoms with E-state index in [0.29, 0.717) is 0 Å². The van der Waals surface area contributed by atoms with Gasteiger partial charge in [-0.1, -0.05) is 13.8 Å². The maximum Gasteiger partial charge on any atom is 0.246 e. The molecule has 0 saturated carbocycles. The lowest BCUT2D eigenvalue weighted by Gasteiger charge is -2.19. The third-order valence-corrected chi connectivity index (χ3v) is 4.83. The van der Waals surface area contributed by atoms with Gasteiger partial charge in [0.05, 0.1) is 14.2 Å². The Labute approximate surface area is 113 Å². The molecule has 0 heterocycles. The molecule has 0 aliphatic rings. The van der Waals surface area contributed by atoms with E-state index in [1.807, 2.05) is 0 Å². The summed E-state index contributed by atoms with van der Waals surface area (Å²) in [6.07, 6.45) is 0. The van der Waals surface area contributed by atoms with Crippen molar-refractivity contribution < 1.29 is 22.3 Å². The SMILES string of the molecule is CCN(CC)S(=O)(=O)c1cc(OC)c(OC)cc1F. The summed E-state index contributed by atoms with van der Waals surface area (Å²) in [7, 11) is -1.15. The molecule has 0 atom stereocenters. The zero-order valence-electron chi connectivity index (χ0n) is 11.4. The highest BCUT2D eigenvalue weighted by atomic mass is 32.2. The number of hydrogen-bond donors (Lipinski definition) is 0.